The molecule has 1 aromatic carbocycles. The highest BCUT2D eigenvalue weighted by molar-refractivity contribution is 5.85. The Kier molecular flexibility index (Phi) is 3.12. The summed E-state index contributed by atoms with van der Waals surface area (Å²) in [4.78, 5) is 0. The molecule has 0 aliphatic carbocycles. The van der Waals surface area contributed by atoms with Crippen molar-refractivity contribution in [2.24, 2.45) is 0 Å². The van der Waals surface area contributed by atoms with Crippen molar-refractivity contribution < 1.29 is 0 Å². The van der Waals surface area contributed by atoms with Crippen LogP contribution in [0.3, 0.4) is 0 Å². The van der Waals surface area contributed by atoms with Crippen molar-refractivity contribution in [3.05, 3.63) is 35.4 Å². The topological polar surface area (TPSA) is 12.0 Å². The van der Waals surface area contributed by atoms with E-state index in [9.17, 15) is 0 Å². The summed E-state index contributed by atoms with van der Waals surface area (Å²) in [5, 5.41) is 3.47. The first-order valence-electron chi connectivity index (χ1n) is 4.23. The summed E-state index contributed by atoms with van der Waals surface area (Å²) >= 11 is 0. The molecule has 0 saturated heterocycles. The first kappa shape index (κ1) is 9.56. The van der Waals surface area contributed by atoms with Gasteiger partial charge in [0.1, 0.15) is 0 Å². The molecule has 2 heteroatoms. The summed E-state index contributed by atoms with van der Waals surface area (Å²) in [7, 11) is 0. The third kappa shape index (κ3) is 1.47. The molecule has 0 spiro atoms. The molecule has 0 aromatic heterocycles. The average Bonchev–Trinajstić information content (AvgIpc) is 2.47. The number of rotatable bonds is 1. The van der Waals surface area contributed by atoms with Crippen molar-refractivity contribution in [3.8, 4) is 0 Å². The van der Waals surface area contributed by atoms with E-state index in [1.54, 1.807) is 0 Å². The van der Waals surface area contributed by atoms with Crippen LogP contribution in [-0.2, 0) is 6.54 Å². The predicted octanol–water partition coefficient (Wildman–Crippen LogP) is 2.66. The predicted molar refractivity (Wildman–Crippen MR) is 53.6 cm³/mol. The lowest BCUT2D eigenvalue weighted by molar-refractivity contribution is 0.567. The number of halogens is 1. The minimum atomic E-state index is 0. The highest BCUT2D eigenvalue weighted by Crippen LogP contribution is 2.26. The van der Waals surface area contributed by atoms with Crippen LogP contribution in [0.25, 0.3) is 0 Å². The van der Waals surface area contributed by atoms with Gasteiger partial charge in [0, 0.05) is 12.6 Å². The molecule has 0 bridgehead atoms. The molecule has 0 radical (unpaired) electrons. The maximum absolute atomic E-state index is 3.47. The van der Waals surface area contributed by atoms with Gasteiger partial charge in [-0.3, -0.25) is 0 Å². The Labute approximate surface area is 79.6 Å². The van der Waals surface area contributed by atoms with Crippen molar-refractivity contribution >= 4 is 12.4 Å². The normalized spacial score (nSPS) is 19.9. The fraction of sp³-hybridized carbons (Fsp3) is 0.400. The van der Waals surface area contributed by atoms with Crippen LogP contribution in [0.15, 0.2) is 24.3 Å². The monoisotopic (exact) mass is 183 g/mol. The standard InChI is InChI=1S/C10H13N.ClH/c1-2-10-9-6-4-3-5-8(9)7-11-10;/h3-6,10-11H,2,7H2,1H3;1H. The summed E-state index contributed by atoms with van der Waals surface area (Å²) in [6, 6.07) is 9.26. The van der Waals surface area contributed by atoms with E-state index in [2.05, 4.69) is 36.5 Å². The molecule has 1 N–H and O–H groups in total. The van der Waals surface area contributed by atoms with E-state index in [0.717, 1.165) is 6.54 Å². The lowest BCUT2D eigenvalue weighted by Crippen LogP contribution is -2.10. The second-order valence-corrected chi connectivity index (χ2v) is 3.04. The van der Waals surface area contributed by atoms with E-state index in [-0.39, 0.29) is 12.4 Å². The van der Waals surface area contributed by atoms with Crippen molar-refractivity contribution in [1.82, 2.24) is 5.32 Å². The Morgan fingerprint density at radius 1 is 1.42 bits per heavy atom. The molecule has 66 valence electrons. The molecule has 1 atom stereocenters. The van der Waals surface area contributed by atoms with E-state index in [0.29, 0.717) is 6.04 Å². The third-order valence-electron chi connectivity index (χ3n) is 2.38. The van der Waals surface area contributed by atoms with Crippen LogP contribution in [0, 0.1) is 0 Å². The second kappa shape index (κ2) is 3.92. The Morgan fingerprint density at radius 2 is 2.17 bits per heavy atom. The van der Waals surface area contributed by atoms with Gasteiger partial charge in [-0.15, -0.1) is 12.4 Å². The summed E-state index contributed by atoms with van der Waals surface area (Å²) in [5.74, 6) is 0. The summed E-state index contributed by atoms with van der Waals surface area (Å²) in [5.41, 5.74) is 2.97. The maximum atomic E-state index is 3.47. The smallest absolute Gasteiger partial charge is 0.0323 e. The first-order chi connectivity index (χ1) is 5.42. The van der Waals surface area contributed by atoms with Gasteiger partial charge < -0.3 is 5.32 Å². The van der Waals surface area contributed by atoms with E-state index < -0.39 is 0 Å². The van der Waals surface area contributed by atoms with E-state index in [1.165, 1.54) is 17.5 Å². The molecular weight excluding hydrogens is 170 g/mol. The summed E-state index contributed by atoms with van der Waals surface area (Å²) < 4.78 is 0. The van der Waals surface area contributed by atoms with Gasteiger partial charge in [0.15, 0.2) is 0 Å². The van der Waals surface area contributed by atoms with Crippen LogP contribution < -0.4 is 5.32 Å². The van der Waals surface area contributed by atoms with Gasteiger partial charge in [-0.05, 0) is 17.5 Å². The van der Waals surface area contributed by atoms with E-state index in [1.807, 2.05) is 0 Å². The number of nitrogens with one attached hydrogen (secondary N) is 1. The molecule has 0 fully saturated rings. The van der Waals surface area contributed by atoms with Crippen molar-refractivity contribution in [2.75, 3.05) is 0 Å². The van der Waals surface area contributed by atoms with Crippen LogP contribution in [0.2, 0.25) is 0 Å². The quantitative estimate of drug-likeness (QED) is 0.706. The van der Waals surface area contributed by atoms with Crippen LogP contribution in [0.1, 0.15) is 30.5 Å². The molecule has 1 aliphatic rings. The van der Waals surface area contributed by atoms with Gasteiger partial charge in [0.2, 0.25) is 0 Å². The number of hydrogen-bond acceptors (Lipinski definition) is 1. The lowest BCUT2D eigenvalue weighted by Gasteiger charge is -2.07. The number of hydrogen-bond donors (Lipinski definition) is 1. The third-order valence-corrected chi connectivity index (χ3v) is 2.38. The molecule has 1 aliphatic heterocycles. The fourth-order valence-corrected chi connectivity index (χ4v) is 1.74. The summed E-state index contributed by atoms with van der Waals surface area (Å²) in [6.45, 7) is 3.27. The van der Waals surface area contributed by atoms with Crippen LogP contribution >= 0.6 is 12.4 Å². The Morgan fingerprint density at radius 3 is 2.92 bits per heavy atom. The molecule has 12 heavy (non-hydrogen) atoms. The molecular formula is C10H14ClN. The van der Waals surface area contributed by atoms with Gasteiger partial charge >= 0.3 is 0 Å². The van der Waals surface area contributed by atoms with Gasteiger partial charge in [-0.2, -0.15) is 0 Å². The van der Waals surface area contributed by atoms with E-state index >= 15 is 0 Å². The van der Waals surface area contributed by atoms with Crippen LogP contribution in [0.4, 0.5) is 0 Å². The molecule has 1 heterocycles. The molecule has 0 saturated carbocycles. The Bertz CT molecular complexity index is 260. The van der Waals surface area contributed by atoms with Gasteiger partial charge in [-0.1, -0.05) is 31.2 Å². The Balaban J connectivity index is 0.000000720. The zero-order valence-electron chi connectivity index (χ0n) is 7.21. The minimum Gasteiger partial charge on any atom is -0.306 e. The lowest BCUT2D eigenvalue weighted by atomic mass is 10.0. The zero-order chi connectivity index (χ0) is 7.68. The largest absolute Gasteiger partial charge is 0.306 e. The number of benzene rings is 1. The van der Waals surface area contributed by atoms with Gasteiger partial charge in [-0.25, -0.2) is 0 Å². The highest BCUT2D eigenvalue weighted by atomic mass is 35.5. The first-order valence-corrected chi connectivity index (χ1v) is 4.23. The van der Waals surface area contributed by atoms with Crippen LogP contribution in [-0.4, -0.2) is 0 Å². The molecule has 2 rings (SSSR count). The molecule has 1 unspecified atom stereocenters. The minimum absolute atomic E-state index is 0. The molecule has 0 amide bonds. The highest BCUT2D eigenvalue weighted by Gasteiger charge is 2.18. The van der Waals surface area contributed by atoms with Crippen LogP contribution in [0.5, 0.6) is 0 Å². The number of fused-ring (bicyclic) bond motifs is 1. The zero-order valence-corrected chi connectivity index (χ0v) is 8.03. The molecule has 1 aromatic rings. The summed E-state index contributed by atoms with van der Waals surface area (Å²) in [6.07, 6.45) is 1.19. The maximum Gasteiger partial charge on any atom is 0.0323 e. The van der Waals surface area contributed by atoms with E-state index in [4.69, 9.17) is 0 Å². The van der Waals surface area contributed by atoms with Gasteiger partial charge in [0.25, 0.3) is 0 Å². The SMILES string of the molecule is CCC1NCc2ccccc21.Cl. The molecule has 1 nitrogen and oxygen atoms in total. The fourth-order valence-electron chi connectivity index (χ4n) is 1.74. The van der Waals surface area contributed by atoms with Crippen molar-refractivity contribution in [2.45, 2.75) is 25.9 Å². The average molecular weight is 184 g/mol. The van der Waals surface area contributed by atoms with Gasteiger partial charge in [0.05, 0.1) is 0 Å². The second-order valence-electron chi connectivity index (χ2n) is 3.04. The van der Waals surface area contributed by atoms with Crippen molar-refractivity contribution in [1.29, 1.82) is 0 Å². The van der Waals surface area contributed by atoms with Crippen molar-refractivity contribution in [3.63, 3.8) is 0 Å². The Hall–Kier alpha value is -0.530.